The average molecular weight is 552 g/mol. The fraction of sp³-hybridized carbons (Fsp3) is 0.545. The molecule has 0 aromatic heterocycles. The molecule has 0 spiro atoms. The van der Waals surface area contributed by atoms with E-state index in [9.17, 15) is 14.4 Å². The smallest absolute Gasteiger partial charge is 0.408 e. The Morgan fingerprint density at radius 2 is 1.57 bits per heavy atom. The summed E-state index contributed by atoms with van der Waals surface area (Å²) in [5.41, 5.74) is 3.02. The SMILES string of the molecule is CCCCCNC(=O)C(c1cccc(C)c1C)N(CCCC)C(=O)C(Cc1ccccc1)NC(=O)OC(C)(C)C. The van der Waals surface area contributed by atoms with Gasteiger partial charge in [0.2, 0.25) is 11.8 Å². The Bertz CT molecular complexity index is 1090. The predicted octanol–water partition coefficient (Wildman–Crippen LogP) is 6.42. The number of hydrogen-bond donors (Lipinski definition) is 2. The molecule has 2 N–H and O–H groups in total. The highest BCUT2D eigenvalue weighted by molar-refractivity contribution is 5.92. The summed E-state index contributed by atoms with van der Waals surface area (Å²) in [4.78, 5) is 42.8. The van der Waals surface area contributed by atoms with Crippen molar-refractivity contribution in [1.82, 2.24) is 15.5 Å². The first kappa shape index (κ1) is 32.9. The van der Waals surface area contributed by atoms with E-state index in [-0.39, 0.29) is 18.2 Å². The molecule has 2 rings (SSSR count). The second-order valence-corrected chi connectivity index (χ2v) is 11.5. The van der Waals surface area contributed by atoms with Gasteiger partial charge in [-0.05, 0) is 69.7 Å². The molecule has 7 heteroatoms. The number of hydrogen-bond acceptors (Lipinski definition) is 4. The topological polar surface area (TPSA) is 87.7 Å². The molecular formula is C33H49N3O4. The molecule has 7 nitrogen and oxygen atoms in total. The Labute approximate surface area is 241 Å². The lowest BCUT2D eigenvalue weighted by atomic mass is 9.94. The molecule has 0 bridgehead atoms. The molecule has 2 aromatic rings. The molecular weight excluding hydrogens is 502 g/mol. The van der Waals surface area contributed by atoms with E-state index in [4.69, 9.17) is 4.74 Å². The van der Waals surface area contributed by atoms with Crippen molar-refractivity contribution in [2.24, 2.45) is 0 Å². The molecule has 220 valence electrons. The van der Waals surface area contributed by atoms with Crippen molar-refractivity contribution >= 4 is 17.9 Å². The van der Waals surface area contributed by atoms with Crippen molar-refractivity contribution in [2.45, 2.75) is 105 Å². The van der Waals surface area contributed by atoms with Gasteiger partial charge in [-0.25, -0.2) is 4.79 Å². The van der Waals surface area contributed by atoms with Gasteiger partial charge in [-0.1, -0.05) is 81.6 Å². The highest BCUT2D eigenvalue weighted by atomic mass is 16.6. The summed E-state index contributed by atoms with van der Waals surface area (Å²) in [5.74, 6) is -0.511. The molecule has 0 aliphatic carbocycles. The number of ether oxygens (including phenoxy) is 1. The fourth-order valence-corrected chi connectivity index (χ4v) is 4.60. The van der Waals surface area contributed by atoms with Gasteiger partial charge in [-0.15, -0.1) is 0 Å². The van der Waals surface area contributed by atoms with Crippen LogP contribution < -0.4 is 10.6 Å². The number of unbranched alkanes of at least 4 members (excludes halogenated alkanes) is 3. The highest BCUT2D eigenvalue weighted by Crippen LogP contribution is 2.28. The third-order valence-corrected chi connectivity index (χ3v) is 6.89. The largest absolute Gasteiger partial charge is 0.444 e. The van der Waals surface area contributed by atoms with Crippen molar-refractivity contribution in [1.29, 1.82) is 0 Å². The van der Waals surface area contributed by atoms with E-state index in [1.165, 1.54) is 0 Å². The molecule has 0 fully saturated rings. The second-order valence-electron chi connectivity index (χ2n) is 11.5. The number of nitrogens with one attached hydrogen (secondary N) is 2. The van der Waals surface area contributed by atoms with E-state index in [1.807, 2.05) is 62.4 Å². The third-order valence-electron chi connectivity index (χ3n) is 6.89. The maximum Gasteiger partial charge on any atom is 0.408 e. The quantitative estimate of drug-likeness (QED) is 0.265. The summed E-state index contributed by atoms with van der Waals surface area (Å²) >= 11 is 0. The molecule has 2 unspecified atom stereocenters. The Hall–Kier alpha value is -3.35. The van der Waals surface area contributed by atoms with Crippen LogP contribution in [0.1, 0.15) is 95.0 Å². The number of nitrogens with zero attached hydrogens (tertiary/aromatic N) is 1. The minimum Gasteiger partial charge on any atom is -0.444 e. The molecule has 0 radical (unpaired) electrons. The fourth-order valence-electron chi connectivity index (χ4n) is 4.60. The van der Waals surface area contributed by atoms with E-state index in [0.29, 0.717) is 13.1 Å². The van der Waals surface area contributed by atoms with Crippen molar-refractivity contribution in [2.75, 3.05) is 13.1 Å². The lowest BCUT2D eigenvalue weighted by molar-refractivity contribution is -0.142. The summed E-state index contributed by atoms with van der Waals surface area (Å²) in [6.07, 6.45) is 4.14. The number of amides is 3. The molecule has 2 atom stereocenters. The standard InChI is InChI=1S/C33H49N3O4/c1-8-10-15-21-34-30(37)29(27-20-16-17-24(3)25(27)4)36(22-11-9-2)31(38)28(23-26-18-13-12-14-19-26)35-32(39)40-33(5,6)7/h12-14,16-20,28-29H,8-11,15,21-23H2,1-7H3,(H,34,37)(H,35,39). The van der Waals surface area contributed by atoms with Crippen LogP contribution >= 0.6 is 0 Å². The van der Waals surface area contributed by atoms with Crippen molar-refractivity contribution in [3.63, 3.8) is 0 Å². The number of rotatable bonds is 14. The first-order chi connectivity index (χ1) is 19.0. The summed E-state index contributed by atoms with van der Waals surface area (Å²) in [7, 11) is 0. The summed E-state index contributed by atoms with van der Waals surface area (Å²) in [5, 5.41) is 5.92. The monoisotopic (exact) mass is 551 g/mol. The van der Waals surface area contributed by atoms with Crippen LogP contribution in [0.4, 0.5) is 4.79 Å². The van der Waals surface area contributed by atoms with Gasteiger partial charge in [0.1, 0.15) is 17.7 Å². The number of aryl methyl sites for hydroxylation is 1. The van der Waals surface area contributed by atoms with Gasteiger partial charge in [0, 0.05) is 19.5 Å². The van der Waals surface area contributed by atoms with Gasteiger partial charge >= 0.3 is 6.09 Å². The maximum absolute atomic E-state index is 14.4. The second kappa shape index (κ2) is 16.0. The van der Waals surface area contributed by atoms with Gasteiger partial charge in [-0.3, -0.25) is 9.59 Å². The van der Waals surface area contributed by atoms with Gasteiger partial charge in [0.05, 0.1) is 0 Å². The minimum atomic E-state index is -0.908. The Morgan fingerprint density at radius 1 is 0.900 bits per heavy atom. The first-order valence-electron chi connectivity index (χ1n) is 14.7. The maximum atomic E-state index is 14.4. The zero-order valence-corrected chi connectivity index (χ0v) is 25.5. The van der Waals surface area contributed by atoms with Crippen LogP contribution in [0.5, 0.6) is 0 Å². The zero-order chi connectivity index (χ0) is 29.7. The molecule has 3 amide bonds. The molecule has 2 aromatic carbocycles. The van der Waals surface area contributed by atoms with Crippen LogP contribution in [0.2, 0.25) is 0 Å². The molecule has 0 saturated heterocycles. The van der Waals surface area contributed by atoms with Gasteiger partial charge in [0.15, 0.2) is 0 Å². The first-order valence-corrected chi connectivity index (χ1v) is 14.7. The lowest BCUT2D eigenvalue weighted by Crippen LogP contribution is -2.54. The number of carbonyl (C=O) groups is 3. The Kier molecular flexibility index (Phi) is 13.2. The Balaban J connectivity index is 2.54. The van der Waals surface area contributed by atoms with Gasteiger partial charge < -0.3 is 20.3 Å². The summed E-state index contributed by atoms with van der Waals surface area (Å²) in [6.45, 7) is 14.5. The van der Waals surface area contributed by atoms with Crippen molar-refractivity contribution in [3.8, 4) is 0 Å². The van der Waals surface area contributed by atoms with Crippen LogP contribution in [0.15, 0.2) is 48.5 Å². The zero-order valence-electron chi connectivity index (χ0n) is 25.5. The number of benzene rings is 2. The van der Waals surface area contributed by atoms with E-state index in [2.05, 4.69) is 24.5 Å². The van der Waals surface area contributed by atoms with Crippen LogP contribution in [0, 0.1) is 13.8 Å². The van der Waals surface area contributed by atoms with Gasteiger partial charge in [-0.2, -0.15) is 0 Å². The molecule has 0 aliphatic rings. The summed E-state index contributed by atoms with van der Waals surface area (Å²) < 4.78 is 5.52. The number of carbonyl (C=O) groups excluding carboxylic acids is 3. The van der Waals surface area contributed by atoms with E-state index >= 15 is 0 Å². The van der Waals surface area contributed by atoms with E-state index in [0.717, 1.165) is 54.4 Å². The normalized spacial score (nSPS) is 12.8. The molecule has 0 aliphatic heterocycles. The molecule has 40 heavy (non-hydrogen) atoms. The molecule has 0 saturated carbocycles. The van der Waals surface area contributed by atoms with Crippen LogP contribution in [0.25, 0.3) is 0 Å². The number of alkyl carbamates (subject to hydrolysis) is 1. The van der Waals surface area contributed by atoms with Crippen LogP contribution in [-0.2, 0) is 20.7 Å². The van der Waals surface area contributed by atoms with Crippen molar-refractivity contribution < 1.29 is 19.1 Å². The average Bonchev–Trinajstić information content (AvgIpc) is 2.89. The third kappa shape index (κ3) is 10.3. The lowest BCUT2D eigenvalue weighted by Gasteiger charge is -2.35. The van der Waals surface area contributed by atoms with Gasteiger partial charge in [0.25, 0.3) is 0 Å². The highest BCUT2D eigenvalue weighted by Gasteiger charge is 2.36. The minimum absolute atomic E-state index is 0.204. The van der Waals surface area contributed by atoms with Crippen LogP contribution in [-0.4, -0.2) is 47.5 Å². The van der Waals surface area contributed by atoms with Crippen molar-refractivity contribution in [3.05, 3.63) is 70.8 Å². The van der Waals surface area contributed by atoms with E-state index in [1.54, 1.807) is 25.7 Å². The summed E-state index contributed by atoms with van der Waals surface area (Å²) in [6, 6.07) is 13.7. The predicted molar refractivity (Wildman–Crippen MR) is 161 cm³/mol. The Morgan fingerprint density at radius 3 is 2.20 bits per heavy atom. The molecule has 0 heterocycles. The van der Waals surface area contributed by atoms with E-state index < -0.39 is 23.8 Å². The van der Waals surface area contributed by atoms with Crippen LogP contribution in [0.3, 0.4) is 0 Å².